The molecule has 0 aliphatic heterocycles. The molecular weight excluding hydrogens is 382 g/mol. The van der Waals surface area contributed by atoms with Crippen molar-refractivity contribution < 1.29 is 14.4 Å². The Morgan fingerprint density at radius 3 is 2.64 bits per heavy atom. The highest BCUT2D eigenvalue weighted by Gasteiger charge is 2.12. The minimum Gasteiger partial charge on any atom is -0.867 e. The minimum absolute atomic E-state index is 0.0319. The van der Waals surface area contributed by atoms with Gasteiger partial charge in [0, 0.05) is 22.9 Å². The lowest BCUT2D eigenvalue weighted by Crippen LogP contribution is -2.02. The first-order valence-corrected chi connectivity index (χ1v) is 8.54. The number of halogens is 1. The van der Waals surface area contributed by atoms with Crippen LogP contribution in [0.25, 0.3) is 22.6 Å². The first kappa shape index (κ1) is 17.7. The number of nitro benzene ring substituents is 1. The molecule has 28 heavy (non-hydrogen) atoms. The summed E-state index contributed by atoms with van der Waals surface area (Å²) in [4.78, 5) is 18.9. The number of hydrogen-bond donors (Lipinski definition) is 0. The predicted molar refractivity (Wildman–Crippen MR) is 104 cm³/mol. The van der Waals surface area contributed by atoms with Gasteiger partial charge in [0.2, 0.25) is 5.89 Å². The average molecular weight is 393 g/mol. The van der Waals surface area contributed by atoms with E-state index in [4.69, 9.17) is 16.0 Å². The van der Waals surface area contributed by atoms with Crippen LogP contribution in [0.15, 0.2) is 70.1 Å². The Morgan fingerprint density at radius 1 is 1.11 bits per heavy atom. The highest BCUT2D eigenvalue weighted by molar-refractivity contribution is 6.31. The molecule has 0 bridgehead atoms. The number of rotatable bonds is 4. The molecule has 0 fully saturated rings. The molecule has 0 spiro atoms. The first-order chi connectivity index (χ1) is 13.5. The van der Waals surface area contributed by atoms with Crippen LogP contribution in [0.5, 0.6) is 5.75 Å². The number of fused-ring (bicyclic) bond motifs is 1. The number of benzene rings is 3. The molecule has 0 saturated carbocycles. The Bertz CT molecular complexity index is 1220. The largest absolute Gasteiger partial charge is 0.867 e. The van der Waals surface area contributed by atoms with Gasteiger partial charge in [0.1, 0.15) is 5.52 Å². The Labute approximate surface area is 163 Å². The summed E-state index contributed by atoms with van der Waals surface area (Å²) in [5, 5.41) is 23.2. The van der Waals surface area contributed by atoms with Gasteiger partial charge in [-0.25, -0.2) is 4.98 Å². The smallest absolute Gasteiger partial charge is 0.263 e. The van der Waals surface area contributed by atoms with Gasteiger partial charge in [-0.2, -0.15) is 0 Å². The third kappa shape index (κ3) is 3.43. The minimum atomic E-state index is -0.766. The highest BCUT2D eigenvalue weighted by Crippen LogP contribution is 2.31. The van der Waals surface area contributed by atoms with Crippen molar-refractivity contribution in [2.75, 3.05) is 0 Å². The van der Waals surface area contributed by atoms with Crippen molar-refractivity contribution in [3.8, 4) is 17.2 Å². The Morgan fingerprint density at radius 2 is 1.89 bits per heavy atom. The zero-order valence-electron chi connectivity index (χ0n) is 14.2. The summed E-state index contributed by atoms with van der Waals surface area (Å²) in [5.74, 6) is -0.254. The van der Waals surface area contributed by atoms with E-state index in [0.29, 0.717) is 22.7 Å². The van der Waals surface area contributed by atoms with Crippen LogP contribution in [0.1, 0.15) is 5.56 Å². The Balaban J connectivity index is 1.68. The molecule has 1 aromatic heterocycles. The Hall–Kier alpha value is -3.71. The molecule has 8 heteroatoms. The molecule has 0 aliphatic rings. The quantitative estimate of drug-likeness (QED) is 0.279. The van der Waals surface area contributed by atoms with Crippen LogP contribution in [-0.4, -0.2) is 16.1 Å². The molecule has 3 aromatic carbocycles. The van der Waals surface area contributed by atoms with Crippen LogP contribution in [-0.2, 0) is 0 Å². The molecule has 0 unspecified atom stereocenters. The second-order valence-corrected chi connectivity index (χ2v) is 6.33. The fourth-order valence-electron chi connectivity index (χ4n) is 2.68. The van der Waals surface area contributed by atoms with Crippen molar-refractivity contribution in [2.24, 2.45) is 4.99 Å². The maximum absolute atomic E-state index is 12.1. The van der Waals surface area contributed by atoms with Gasteiger partial charge in [-0.05, 0) is 47.7 Å². The lowest BCUT2D eigenvalue weighted by Gasteiger charge is -2.10. The molecule has 0 atom stereocenters. The third-order valence-corrected chi connectivity index (χ3v) is 4.22. The highest BCUT2D eigenvalue weighted by atomic mass is 35.5. The number of hydrogen-bond acceptors (Lipinski definition) is 6. The van der Waals surface area contributed by atoms with E-state index in [1.54, 1.807) is 18.2 Å². The van der Waals surface area contributed by atoms with Crippen LogP contribution in [0, 0.1) is 10.1 Å². The van der Waals surface area contributed by atoms with Gasteiger partial charge in [-0.1, -0.05) is 29.8 Å². The number of nitro groups is 1. The summed E-state index contributed by atoms with van der Waals surface area (Å²) in [5.41, 5.74) is 2.01. The third-order valence-electron chi connectivity index (χ3n) is 4.00. The molecule has 1 heterocycles. The van der Waals surface area contributed by atoms with E-state index < -0.39 is 16.4 Å². The molecule has 138 valence electrons. The van der Waals surface area contributed by atoms with E-state index in [9.17, 15) is 15.2 Å². The fraction of sp³-hybridized carbons (Fsp3) is 0. The van der Waals surface area contributed by atoms with Gasteiger partial charge in [0.15, 0.2) is 5.58 Å². The van der Waals surface area contributed by atoms with Crippen molar-refractivity contribution in [3.63, 3.8) is 0 Å². The molecule has 0 saturated heterocycles. The van der Waals surface area contributed by atoms with Gasteiger partial charge in [-0.3, -0.25) is 15.1 Å². The topological polar surface area (TPSA) is 105 Å². The first-order valence-electron chi connectivity index (χ1n) is 8.16. The van der Waals surface area contributed by atoms with E-state index in [0.717, 1.165) is 11.6 Å². The molecule has 0 radical (unpaired) electrons. The summed E-state index contributed by atoms with van der Waals surface area (Å²) in [6.45, 7) is 0. The SMILES string of the molecule is O=[N+]([O-])c1cc(Cl)cc(C=Nc2ccc3oc(-c4ccccc4)nc3c2)c1[O-]. The monoisotopic (exact) mass is 392 g/mol. The second kappa shape index (κ2) is 7.13. The second-order valence-electron chi connectivity index (χ2n) is 5.90. The zero-order chi connectivity index (χ0) is 19.7. The molecule has 7 nitrogen and oxygen atoms in total. The van der Waals surface area contributed by atoms with E-state index >= 15 is 0 Å². The van der Waals surface area contributed by atoms with Gasteiger partial charge < -0.3 is 9.52 Å². The van der Waals surface area contributed by atoms with Gasteiger partial charge >= 0.3 is 0 Å². The van der Waals surface area contributed by atoms with Crippen molar-refractivity contribution in [2.45, 2.75) is 0 Å². The molecule has 0 amide bonds. The van der Waals surface area contributed by atoms with Crippen LogP contribution >= 0.6 is 11.6 Å². The van der Waals surface area contributed by atoms with Crippen LogP contribution in [0.2, 0.25) is 5.02 Å². The molecule has 0 N–H and O–H groups in total. The van der Waals surface area contributed by atoms with Crippen molar-refractivity contribution in [3.05, 3.63) is 81.4 Å². The standard InChI is InChI=1S/C20H12ClN3O4/c21-14-8-13(19(25)17(9-14)24(26)27)11-22-15-6-7-18-16(10-15)23-20(28-18)12-4-2-1-3-5-12/h1-11,25H/p-1. The summed E-state index contributed by atoms with van der Waals surface area (Å²) in [6, 6.07) is 17.0. The maximum Gasteiger partial charge on any atom is 0.263 e. The summed E-state index contributed by atoms with van der Waals surface area (Å²) in [7, 11) is 0. The predicted octanol–water partition coefficient (Wildman–Crippen LogP) is 4.88. The Kier molecular flexibility index (Phi) is 4.50. The number of aromatic nitrogens is 1. The van der Waals surface area contributed by atoms with E-state index in [-0.39, 0.29) is 10.6 Å². The fourth-order valence-corrected chi connectivity index (χ4v) is 2.90. The zero-order valence-corrected chi connectivity index (χ0v) is 15.0. The number of aliphatic imine (C=N–C) groups is 1. The number of nitrogens with zero attached hydrogens (tertiary/aromatic N) is 3. The van der Waals surface area contributed by atoms with Crippen LogP contribution in [0.3, 0.4) is 0 Å². The lowest BCUT2D eigenvalue weighted by molar-refractivity contribution is -0.398. The van der Waals surface area contributed by atoms with Gasteiger partial charge in [0.25, 0.3) is 5.69 Å². The van der Waals surface area contributed by atoms with E-state index in [1.165, 1.54) is 12.3 Å². The lowest BCUT2D eigenvalue weighted by atomic mass is 10.2. The summed E-state index contributed by atoms with van der Waals surface area (Å²) in [6.07, 6.45) is 1.25. The van der Waals surface area contributed by atoms with Crippen molar-refractivity contribution in [1.82, 2.24) is 4.98 Å². The molecule has 4 aromatic rings. The summed E-state index contributed by atoms with van der Waals surface area (Å²) >= 11 is 5.86. The van der Waals surface area contributed by atoms with Gasteiger partial charge in [0.05, 0.1) is 10.6 Å². The molecule has 0 aliphatic carbocycles. The van der Waals surface area contributed by atoms with E-state index in [2.05, 4.69) is 9.98 Å². The maximum atomic E-state index is 12.1. The molecule has 4 rings (SSSR count). The molecular formula is C20H11ClN3O4-. The normalized spacial score (nSPS) is 11.3. The van der Waals surface area contributed by atoms with Gasteiger partial charge in [-0.15, -0.1) is 0 Å². The van der Waals surface area contributed by atoms with Crippen LogP contribution < -0.4 is 5.11 Å². The van der Waals surface area contributed by atoms with Crippen LogP contribution in [0.4, 0.5) is 11.4 Å². The van der Waals surface area contributed by atoms with Crippen molar-refractivity contribution in [1.29, 1.82) is 0 Å². The van der Waals surface area contributed by atoms with Crippen molar-refractivity contribution >= 4 is 40.3 Å². The average Bonchev–Trinajstić information content (AvgIpc) is 3.12. The summed E-state index contributed by atoms with van der Waals surface area (Å²) < 4.78 is 5.74. The number of oxazole rings is 1. The van der Waals surface area contributed by atoms with E-state index in [1.807, 2.05) is 30.3 Å².